The van der Waals surface area contributed by atoms with Crippen molar-refractivity contribution in [1.29, 1.82) is 0 Å². The molecule has 4 heteroatoms. The highest BCUT2D eigenvalue weighted by molar-refractivity contribution is 5.72. The lowest BCUT2D eigenvalue weighted by Gasteiger charge is -2.13. The van der Waals surface area contributed by atoms with Crippen molar-refractivity contribution in [1.82, 2.24) is 0 Å². The Kier molecular flexibility index (Phi) is 4.25. The van der Waals surface area contributed by atoms with E-state index in [9.17, 15) is 4.39 Å². The van der Waals surface area contributed by atoms with E-state index in [-0.39, 0.29) is 11.8 Å². The van der Waals surface area contributed by atoms with Crippen molar-refractivity contribution in [2.24, 2.45) is 5.73 Å². The maximum Gasteiger partial charge on any atom is 0.165 e. The quantitative estimate of drug-likeness (QED) is 0.928. The van der Waals surface area contributed by atoms with Crippen LogP contribution in [0.15, 0.2) is 36.4 Å². The monoisotopic (exact) mass is 275 g/mol. The Bertz CT molecular complexity index is 611. The standard InChI is InChI=1S/C16H18FNO2/c1-10(18)11-4-6-15(19-2)13(8-11)12-5-7-16(20-3)14(17)9-12/h4-10H,18H2,1-3H3. The molecule has 0 saturated heterocycles. The van der Waals surface area contributed by atoms with Gasteiger partial charge >= 0.3 is 0 Å². The smallest absolute Gasteiger partial charge is 0.165 e. The number of hydrogen-bond donors (Lipinski definition) is 1. The van der Waals surface area contributed by atoms with Crippen LogP contribution in [0.5, 0.6) is 11.5 Å². The molecule has 106 valence electrons. The highest BCUT2D eigenvalue weighted by atomic mass is 19.1. The molecule has 0 aliphatic rings. The summed E-state index contributed by atoms with van der Waals surface area (Å²) in [7, 11) is 3.03. The van der Waals surface area contributed by atoms with E-state index in [0.717, 1.165) is 16.7 Å². The first kappa shape index (κ1) is 14.3. The average molecular weight is 275 g/mol. The zero-order valence-corrected chi connectivity index (χ0v) is 11.8. The van der Waals surface area contributed by atoms with Gasteiger partial charge in [0.05, 0.1) is 14.2 Å². The summed E-state index contributed by atoms with van der Waals surface area (Å²) in [6, 6.07) is 10.4. The third-order valence-corrected chi connectivity index (χ3v) is 3.21. The SMILES string of the molecule is COc1ccc(-c2cc(C(C)N)ccc2OC)cc1F. The van der Waals surface area contributed by atoms with Gasteiger partial charge in [-0.15, -0.1) is 0 Å². The Labute approximate surface area is 118 Å². The molecule has 0 heterocycles. The molecule has 20 heavy (non-hydrogen) atoms. The molecule has 1 unspecified atom stereocenters. The molecule has 2 N–H and O–H groups in total. The third kappa shape index (κ3) is 2.75. The Hall–Kier alpha value is -2.07. The molecule has 0 radical (unpaired) electrons. The summed E-state index contributed by atoms with van der Waals surface area (Å²) < 4.78 is 24.1. The first-order chi connectivity index (χ1) is 9.56. The van der Waals surface area contributed by atoms with Crippen molar-refractivity contribution in [3.8, 4) is 22.6 Å². The van der Waals surface area contributed by atoms with Gasteiger partial charge in [-0.1, -0.05) is 12.1 Å². The molecule has 0 aromatic heterocycles. The molecule has 0 fully saturated rings. The molecule has 1 atom stereocenters. The van der Waals surface area contributed by atoms with E-state index >= 15 is 0 Å². The fourth-order valence-electron chi connectivity index (χ4n) is 2.07. The van der Waals surface area contributed by atoms with Crippen molar-refractivity contribution in [3.05, 3.63) is 47.8 Å². The van der Waals surface area contributed by atoms with Gasteiger partial charge < -0.3 is 15.2 Å². The van der Waals surface area contributed by atoms with E-state index in [1.807, 2.05) is 25.1 Å². The number of ether oxygens (including phenoxy) is 2. The number of hydrogen-bond acceptors (Lipinski definition) is 3. The van der Waals surface area contributed by atoms with E-state index in [2.05, 4.69) is 0 Å². The van der Waals surface area contributed by atoms with E-state index in [1.165, 1.54) is 13.2 Å². The fourth-order valence-corrected chi connectivity index (χ4v) is 2.07. The molecule has 3 nitrogen and oxygen atoms in total. The predicted octanol–water partition coefficient (Wildman–Crippen LogP) is 3.53. The summed E-state index contributed by atoms with van der Waals surface area (Å²) in [6.07, 6.45) is 0. The zero-order chi connectivity index (χ0) is 14.7. The van der Waals surface area contributed by atoms with Crippen LogP contribution in [0.1, 0.15) is 18.5 Å². The molecule has 0 saturated carbocycles. The normalized spacial score (nSPS) is 12.1. The lowest BCUT2D eigenvalue weighted by molar-refractivity contribution is 0.386. The molecule has 0 spiro atoms. The Morgan fingerprint density at radius 2 is 1.65 bits per heavy atom. The number of methoxy groups -OCH3 is 2. The minimum absolute atomic E-state index is 0.0947. The summed E-state index contributed by atoms with van der Waals surface area (Å²) >= 11 is 0. The van der Waals surface area contributed by atoms with Crippen LogP contribution in [-0.2, 0) is 0 Å². The first-order valence-corrected chi connectivity index (χ1v) is 6.34. The summed E-state index contributed by atoms with van der Waals surface area (Å²) in [6.45, 7) is 1.90. The molecule has 0 amide bonds. The van der Waals surface area contributed by atoms with E-state index in [0.29, 0.717) is 5.75 Å². The lowest BCUT2D eigenvalue weighted by atomic mass is 9.99. The highest BCUT2D eigenvalue weighted by Gasteiger charge is 2.11. The third-order valence-electron chi connectivity index (χ3n) is 3.21. The van der Waals surface area contributed by atoms with Gasteiger partial charge in [-0.3, -0.25) is 0 Å². The van der Waals surface area contributed by atoms with Crippen LogP contribution in [0.25, 0.3) is 11.1 Å². The van der Waals surface area contributed by atoms with Gasteiger partial charge in [-0.25, -0.2) is 4.39 Å². The number of nitrogens with two attached hydrogens (primary N) is 1. The molecular formula is C16H18FNO2. The largest absolute Gasteiger partial charge is 0.496 e. The predicted molar refractivity (Wildman–Crippen MR) is 77.5 cm³/mol. The fraction of sp³-hybridized carbons (Fsp3) is 0.250. The van der Waals surface area contributed by atoms with Gasteiger partial charge in [0.2, 0.25) is 0 Å². The van der Waals surface area contributed by atoms with E-state index in [4.69, 9.17) is 15.2 Å². The van der Waals surface area contributed by atoms with Gasteiger partial charge in [0.25, 0.3) is 0 Å². The summed E-state index contributed by atoms with van der Waals surface area (Å²) in [4.78, 5) is 0. The second kappa shape index (κ2) is 5.92. The van der Waals surface area contributed by atoms with Gasteiger partial charge in [0.15, 0.2) is 11.6 Å². The highest BCUT2D eigenvalue weighted by Crippen LogP contribution is 2.34. The molecular weight excluding hydrogens is 257 g/mol. The maximum absolute atomic E-state index is 13.8. The van der Waals surface area contributed by atoms with Crippen LogP contribution < -0.4 is 15.2 Å². The molecule has 0 aliphatic carbocycles. The Balaban J connectivity index is 2.55. The van der Waals surface area contributed by atoms with Crippen molar-refractivity contribution >= 4 is 0 Å². The maximum atomic E-state index is 13.8. The van der Waals surface area contributed by atoms with Crippen LogP contribution in [0.2, 0.25) is 0 Å². The van der Waals surface area contributed by atoms with Gasteiger partial charge in [0.1, 0.15) is 5.75 Å². The van der Waals surface area contributed by atoms with Crippen LogP contribution in [0.4, 0.5) is 4.39 Å². The molecule has 2 aromatic carbocycles. The number of halogens is 1. The lowest BCUT2D eigenvalue weighted by Crippen LogP contribution is -2.05. The second-order valence-corrected chi connectivity index (χ2v) is 4.60. The van der Waals surface area contributed by atoms with Crippen LogP contribution in [0.3, 0.4) is 0 Å². The van der Waals surface area contributed by atoms with Crippen molar-refractivity contribution in [2.75, 3.05) is 14.2 Å². The van der Waals surface area contributed by atoms with Crippen molar-refractivity contribution in [3.63, 3.8) is 0 Å². The van der Waals surface area contributed by atoms with Gasteiger partial charge in [-0.2, -0.15) is 0 Å². The van der Waals surface area contributed by atoms with E-state index in [1.54, 1.807) is 19.2 Å². The Morgan fingerprint density at radius 3 is 2.20 bits per heavy atom. The molecule has 0 aliphatic heterocycles. The second-order valence-electron chi connectivity index (χ2n) is 4.60. The topological polar surface area (TPSA) is 44.5 Å². The molecule has 2 aromatic rings. The van der Waals surface area contributed by atoms with Crippen molar-refractivity contribution in [2.45, 2.75) is 13.0 Å². The average Bonchev–Trinajstić information content (AvgIpc) is 2.46. The molecule has 0 bridgehead atoms. The zero-order valence-electron chi connectivity index (χ0n) is 11.8. The minimum atomic E-state index is -0.404. The number of benzene rings is 2. The molecule has 2 rings (SSSR count). The van der Waals surface area contributed by atoms with Gasteiger partial charge in [0, 0.05) is 11.6 Å². The van der Waals surface area contributed by atoms with Crippen molar-refractivity contribution < 1.29 is 13.9 Å². The number of rotatable bonds is 4. The summed E-state index contributed by atoms with van der Waals surface area (Å²) in [5.41, 5.74) is 8.40. The summed E-state index contributed by atoms with van der Waals surface area (Å²) in [5, 5.41) is 0. The van der Waals surface area contributed by atoms with E-state index < -0.39 is 5.82 Å². The van der Waals surface area contributed by atoms with Crippen LogP contribution in [0, 0.1) is 5.82 Å². The Morgan fingerprint density at radius 1 is 1.00 bits per heavy atom. The first-order valence-electron chi connectivity index (χ1n) is 6.34. The van der Waals surface area contributed by atoms with Crippen LogP contribution in [-0.4, -0.2) is 14.2 Å². The minimum Gasteiger partial charge on any atom is -0.496 e. The van der Waals surface area contributed by atoms with Crippen LogP contribution >= 0.6 is 0 Å². The van der Waals surface area contributed by atoms with Gasteiger partial charge in [-0.05, 0) is 42.3 Å². The summed E-state index contributed by atoms with van der Waals surface area (Å²) in [5.74, 6) is 0.494.